The highest BCUT2D eigenvalue weighted by Gasteiger charge is 2.10. The molecular formula is C11H6BrCl2FN2. The monoisotopic (exact) mass is 334 g/mol. The van der Waals surface area contributed by atoms with Crippen molar-refractivity contribution in [1.29, 1.82) is 0 Å². The highest BCUT2D eigenvalue weighted by atomic mass is 79.9. The van der Waals surface area contributed by atoms with Gasteiger partial charge < -0.3 is 0 Å². The van der Waals surface area contributed by atoms with Crippen LogP contribution in [0, 0.1) is 12.7 Å². The summed E-state index contributed by atoms with van der Waals surface area (Å²) < 4.78 is 13.4. The molecule has 0 radical (unpaired) electrons. The zero-order valence-electron chi connectivity index (χ0n) is 8.64. The van der Waals surface area contributed by atoms with E-state index in [0.29, 0.717) is 31.7 Å². The fraction of sp³-hybridized carbons (Fsp3) is 0.0909. The summed E-state index contributed by atoms with van der Waals surface area (Å²) in [5.74, 6) is 0.0179. The Bertz CT molecular complexity index is 567. The maximum Gasteiger partial charge on any atom is 0.162 e. The Morgan fingerprint density at radius 3 is 2.29 bits per heavy atom. The zero-order chi connectivity index (χ0) is 12.6. The van der Waals surface area contributed by atoms with E-state index in [0.717, 1.165) is 0 Å². The van der Waals surface area contributed by atoms with Crippen LogP contribution in [0.4, 0.5) is 4.39 Å². The minimum Gasteiger partial charge on any atom is -0.216 e. The van der Waals surface area contributed by atoms with Crippen molar-refractivity contribution < 1.29 is 4.39 Å². The fourth-order valence-corrected chi connectivity index (χ4v) is 1.99. The van der Waals surface area contributed by atoms with Gasteiger partial charge in [0.1, 0.15) is 16.1 Å². The van der Waals surface area contributed by atoms with Crippen molar-refractivity contribution in [2.24, 2.45) is 0 Å². The minimum absolute atomic E-state index is 0.292. The van der Waals surface area contributed by atoms with Crippen molar-refractivity contribution >= 4 is 39.1 Å². The molecule has 0 spiro atoms. The van der Waals surface area contributed by atoms with Crippen LogP contribution < -0.4 is 0 Å². The fourth-order valence-electron chi connectivity index (χ4n) is 1.23. The standard InChI is InChI=1S/C11H6BrCl2FN2/c1-5-9(13)16-11(17-10(5)14)6-2-3-8(15)7(12)4-6/h2-4H,1H3. The first-order valence-corrected chi connectivity index (χ1v) is 6.19. The van der Waals surface area contributed by atoms with Crippen molar-refractivity contribution in [2.75, 3.05) is 0 Å². The van der Waals surface area contributed by atoms with Crippen molar-refractivity contribution in [2.45, 2.75) is 6.92 Å². The Morgan fingerprint density at radius 1 is 1.18 bits per heavy atom. The molecule has 1 aromatic carbocycles. The van der Waals surface area contributed by atoms with Gasteiger partial charge in [0.2, 0.25) is 0 Å². The second-order valence-electron chi connectivity index (χ2n) is 3.38. The van der Waals surface area contributed by atoms with Gasteiger partial charge in [0.25, 0.3) is 0 Å². The molecule has 2 rings (SSSR count). The maximum absolute atomic E-state index is 13.1. The smallest absolute Gasteiger partial charge is 0.162 e. The van der Waals surface area contributed by atoms with E-state index in [1.165, 1.54) is 6.07 Å². The number of aromatic nitrogens is 2. The Labute approximate surface area is 116 Å². The molecule has 0 bridgehead atoms. The predicted octanol–water partition coefficient (Wildman–Crippen LogP) is 4.66. The summed E-state index contributed by atoms with van der Waals surface area (Å²) in [6.07, 6.45) is 0. The van der Waals surface area contributed by atoms with E-state index in [9.17, 15) is 4.39 Å². The van der Waals surface area contributed by atoms with Crippen LogP contribution in [0.1, 0.15) is 5.56 Å². The largest absolute Gasteiger partial charge is 0.216 e. The van der Waals surface area contributed by atoms with Crippen LogP contribution in [0.5, 0.6) is 0 Å². The molecule has 0 saturated heterocycles. The molecule has 2 nitrogen and oxygen atoms in total. The first kappa shape index (κ1) is 12.7. The summed E-state index contributed by atoms with van der Waals surface area (Å²) >= 11 is 14.9. The summed E-state index contributed by atoms with van der Waals surface area (Å²) in [5, 5.41) is 0.584. The number of benzene rings is 1. The van der Waals surface area contributed by atoms with Gasteiger partial charge in [-0.15, -0.1) is 0 Å². The Kier molecular flexibility index (Phi) is 3.66. The molecule has 0 aliphatic rings. The van der Waals surface area contributed by atoms with E-state index in [-0.39, 0.29) is 5.82 Å². The van der Waals surface area contributed by atoms with Crippen LogP contribution in [0.15, 0.2) is 22.7 Å². The van der Waals surface area contributed by atoms with Crippen LogP contribution in [-0.2, 0) is 0 Å². The molecule has 0 atom stereocenters. The summed E-state index contributed by atoms with van der Waals surface area (Å²) in [6.45, 7) is 1.73. The van der Waals surface area contributed by atoms with Crippen LogP contribution in [-0.4, -0.2) is 9.97 Å². The van der Waals surface area contributed by atoms with E-state index < -0.39 is 0 Å². The topological polar surface area (TPSA) is 25.8 Å². The second-order valence-corrected chi connectivity index (χ2v) is 4.95. The minimum atomic E-state index is -0.349. The number of hydrogen-bond donors (Lipinski definition) is 0. The van der Waals surface area contributed by atoms with Gasteiger partial charge >= 0.3 is 0 Å². The summed E-state index contributed by atoms with van der Waals surface area (Å²) in [6, 6.07) is 4.47. The first-order valence-electron chi connectivity index (χ1n) is 4.64. The van der Waals surface area contributed by atoms with Gasteiger partial charge in [-0.25, -0.2) is 14.4 Å². The number of hydrogen-bond acceptors (Lipinski definition) is 2. The Balaban J connectivity index is 2.57. The van der Waals surface area contributed by atoms with Gasteiger partial charge in [0.05, 0.1) is 4.47 Å². The molecule has 6 heteroatoms. The average Bonchev–Trinajstić information content (AvgIpc) is 2.29. The van der Waals surface area contributed by atoms with Crippen LogP contribution >= 0.6 is 39.1 Å². The lowest BCUT2D eigenvalue weighted by Crippen LogP contribution is -1.94. The van der Waals surface area contributed by atoms with Gasteiger partial charge in [0.15, 0.2) is 5.82 Å². The lowest BCUT2D eigenvalue weighted by molar-refractivity contribution is 0.621. The summed E-state index contributed by atoms with van der Waals surface area (Å²) in [7, 11) is 0. The van der Waals surface area contributed by atoms with Crippen LogP contribution in [0.2, 0.25) is 10.3 Å². The number of rotatable bonds is 1. The van der Waals surface area contributed by atoms with Gasteiger partial charge in [-0.05, 0) is 41.1 Å². The Morgan fingerprint density at radius 2 is 1.76 bits per heavy atom. The van der Waals surface area contributed by atoms with Crippen molar-refractivity contribution in [3.05, 3.63) is 44.4 Å². The van der Waals surface area contributed by atoms with Crippen molar-refractivity contribution in [3.8, 4) is 11.4 Å². The first-order chi connectivity index (χ1) is 7.99. The molecule has 0 N–H and O–H groups in total. The van der Waals surface area contributed by atoms with E-state index in [1.54, 1.807) is 19.1 Å². The van der Waals surface area contributed by atoms with E-state index >= 15 is 0 Å². The van der Waals surface area contributed by atoms with Gasteiger partial charge in [-0.1, -0.05) is 23.2 Å². The third-order valence-electron chi connectivity index (χ3n) is 2.20. The second kappa shape index (κ2) is 4.88. The van der Waals surface area contributed by atoms with E-state index in [1.807, 2.05) is 0 Å². The normalized spacial score (nSPS) is 10.6. The third kappa shape index (κ3) is 2.59. The summed E-state index contributed by atoms with van der Waals surface area (Å²) in [4.78, 5) is 8.20. The zero-order valence-corrected chi connectivity index (χ0v) is 11.7. The lowest BCUT2D eigenvalue weighted by atomic mass is 10.2. The molecule has 1 heterocycles. The summed E-state index contributed by atoms with van der Waals surface area (Å²) in [5.41, 5.74) is 1.26. The van der Waals surface area contributed by atoms with E-state index in [2.05, 4.69) is 25.9 Å². The molecular weight excluding hydrogens is 330 g/mol. The molecule has 17 heavy (non-hydrogen) atoms. The predicted molar refractivity (Wildman–Crippen MR) is 69.9 cm³/mol. The quantitative estimate of drug-likeness (QED) is 0.708. The average molecular weight is 336 g/mol. The third-order valence-corrected chi connectivity index (χ3v) is 3.55. The van der Waals surface area contributed by atoms with Gasteiger partial charge in [-0.3, -0.25) is 0 Å². The van der Waals surface area contributed by atoms with Crippen LogP contribution in [0.25, 0.3) is 11.4 Å². The SMILES string of the molecule is Cc1c(Cl)nc(-c2ccc(F)c(Br)c2)nc1Cl. The molecule has 88 valence electrons. The van der Waals surface area contributed by atoms with Crippen LogP contribution in [0.3, 0.4) is 0 Å². The van der Waals surface area contributed by atoms with Crippen molar-refractivity contribution in [3.63, 3.8) is 0 Å². The molecule has 0 aliphatic heterocycles. The maximum atomic E-state index is 13.1. The molecule has 2 aromatic rings. The molecule has 0 amide bonds. The molecule has 0 aliphatic carbocycles. The van der Waals surface area contributed by atoms with Crippen molar-refractivity contribution in [1.82, 2.24) is 9.97 Å². The molecule has 0 unspecified atom stereocenters. The molecule has 0 saturated carbocycles. The molecule has 1 aromatic heterocycles. The van der Waals surface area contributed by atoms with Gasteiger partial charge in [0, 0.05) is 11.1 Å². The Hall–Kier alpha value is -0.710. The van der Waals surface area contributed by atoms with Gasteiger partial charge in [-0.2, -0.15) is 0 Å². The highest BCUT2D eigenvalue weighted by Crippen LogP contribution is 2.27. The lowest BCUT2D eigenvalue weighted by Gasteiger charge is -2.05. The van der Waals surface area contributed by atoms with E-state index in [4.69, 9.17) is 23.2 Å². The number of nitrogens with zero attached hydrogens (tertiary/aromatic N) is 2. The molecule has 0 fully saturated rings. The number of halogens is 4. The highest BCUT2D eigenvalue weighted by molar-refractivity contribution is 9.10.